The van der Waals surface area contributed by atoms with E-state index in [2.05, 4.69) is 79.9 Å². The first-order valence-corrected chi connectivity index (χ1v) is 9.40. The molecule has 0 aliphatic rings. The van der Waals surface area contributed by atoms with E-state index >= 15 is 0 Å². The third kappa shape index (κ3) is 3.52. The molecule has 0 aliphatic heterocycles. The van der Waals surface area contributed by atoms with E-state index in [0.29, 0.717) is 0 Å². The smallest absolute Gasteiger partial charge is 0.135 e. The third-order valence-corrected chi connectivity index (χ3v) is 4.65. The molecule has 0 bridgehead atoms. The van der Waals surface area contributed by atoms with Gasteiger partial charge in [0.1, 0.15) is 11.2 Å². The first-order chi connectivity index (χ1) is 13.3. The van der Waals surface area contributed by atoms with Gasteiger partial charge in [0, 0.05) is 22.1 Å². The molecule has 1 heterocycles. The molecule has 1 aromatic heterocycles. The van der Waals surface area contributed by atoms with Gasteiger partial charge in [0.15, 0.2) is 0 Å². The maximum atomic E-state index is 5.91. The monoisotopic (exact) mass is 353 g/mol. The molecule has 0 aliphatic carbocycles. The van der Waals surface area contributed by atoms with Crippen LogP contribution >= 0.6 is 0 Å². The standard InChI is InChI=1S/C25H23NO/c1-3-7-18(8-4-2)19-11-13-20(14-12-19)26-21-15-16-25-23(17-21)22-9-5-6-10-24(22)27-25/h3,5-17,26H,4H2,1-2H3/b7-3-,18-8+. The number of hydrogen-bond acceptors (Lipinski definition) is 2. The first kappa shape index (κ1) is 17.2. The molecule has 0 atom stereocenters. The summed E-state index contributed by atoms with van der Waals surface area (Å²) < 4.78 is 5.91. The van der Waals surface area contributed by atoms with Gasteiger partial charge >= 0.3 is 0 Å². The van der Waals surface area contributed by atoms with Crippen molar-refractivity contribution in [2.24, 2.45) is 0 Å². The number of fused-ring (bicyclic) bond motifs is 3. The fraction of sp³-hybridized carbons (Fsp3) is 0.120. The van der Waals surface area contributed by atoms with E-state index in [0.717, 1.165) is 39.7 Å². The van der Waals surface area contributed by atoms with Crippen LogP contribution in [0.15, 0.2) is 89.4 Å². The Morgan fingerprint density at radius 3 is 2.41 bits per heavy atom. The van der Waals surface area contributed by atoms with Gasteiger partial charge in [-0.25, -0.2) is 0 Å². The molecule has 4 aromatic rings. The second kappa shape index (κ2) is 7.55. The Labute approximate surface area is 159 Å². The summed E-state index contributed by atoms with van der Waals surface area (Å²) in [6.07, 6.45) is 7.51. The molecule has 0 unspecified atom stereocenters. The molecule has 0 saturated heterocycles. The van der Waals surface area contributed by atoms with Gasteiger partial charge in [0.2, 0.25) is 0 Å². The lowest BCUT2D eigenvalue weighted by atomic mass is 10.0. The summed E-state index contributed by atoms with van der Waals surface area (Å²) in [4.78, 5) is 0. The van der Waals surface area contributed by atoms with E-state index in [1.54, 1.807) is 0 Å². The van der Waals surface area contributed by atoms with Crippen LogP contribution in [-0.2, 0) is 0 Å². The van der Waals surface area contributed by atoms with Gasteiger partial charge in [-0.15, -0.1) is 0 Å². The lowest BCUT2D eigenvalue weighted by Crippen LogP contribution is -1.90. The van der Waals surface area contributed by atoms with E-state index in [9.17, 15) is 0 Å². The topological polar surface area (TPSA) is 25.2 Å². The van der Waals surface area contributed by atoms with E-state index < -0.39 is 0 Å². The molecule has 4 rings (SSSR count). The molecule has 0 saturated carbocycles. The molecule has 0 fully saturated rings. The molecule has 0 amide bonds. The Morgan fingerprint density at radius 2 is 1.63 bits per heavy atom. The minimum Gasteiger partial charge on any atom is -0.456 e. The second-order valence-corrected chi connectivity index (χ2v) is 6.58. The maximum absolute atomic E-state index is 5.91. The van der Waals surface area contributed by atoms with Crippen LogP contribution in [0.5, 0.6) is 0 Å². The molecule has 27 heavy (non-hydrogen) atoms. The largest absolute Gasteiger partial charge is 0.456 e. The van der Waals surface area contributed by atoms with Crippen LogP contribution in [0.4, 0.5) is 11.4 Å². The average molecular weight is 353 g/mol. The highest BCUT2D eigenvalue weighted by Gasteiger charge is 2.07. The predicted octanol–water partition coefficient (Wildman–Crippen LogP) is 7.70. The van der Waals surface area contributed by atoms with Crippen molar-refractivity contribution >= 4 is 38.9 Å². The first-order valence-electron chi connectivity index (χ1n) is 9.40. The van der Waals surface area contributed by atoms with Crippen molar-refractivity contribution in [3.63, 3.8) is 0 Å². The Bertz CT molecular complexity index is 1130. The molecule has 2 heteroatoms. The van der Waals surface area contributed by atoms with E-state index in [4.69, 9.17) is 4.42 Å². The quantitative estimate of drug-likeness (QED) is 0.372. The molecular weight excluding hydrogens is 330 g/mol. The summed E-state index contributed by atoms with van der Waals surface area (Å²) in [6, 6.07) is 23.0. The van der Waals surface area contributed by atoms with E-state index in [1.165, 1.54) is 11.1 Å². The van der Waals surface area contributed by atoms with Crippen molar-refractivity contribution in [1.82, 2.24) is 0 Å². The van der Waals surface area contributed by atoms with Gasteiger partial charge in [0.25, 0.3) is 0 Å². The van der Waals surface area contributed by atoms with E-state index in [-0.39, 0.29) is 0 Å². The normalized spacial score (nSPS) is 12.3. The lowest BCUT2D eigenvalue weighted by molar-refractivity contribution is 0.669. The van der Waals surface area contributed by atoms with Crippen LogP contribution in [0.2, 0.25) is 0 Å². The Balaban J connectivity index is 1.62. The molecule has 1 N–H and O–H groups in total. The van der Waals surface area contributed by atoms with Crippen LogP contribution in [0.3, 0.4) is 0 Å². The van der Waals surface area contributed by atoms with Gasteiger partial charge < -0.3 is 9.73 Å². The van der Waals surface area contributed by atoms with Crippen LogP contribution in [0, 0.1) is 0 Å². The number of rotatable bonds is 5. The average Bonchev–Trinajstić information content (AvgIpc) is 3.07. The summed E-state index contributed by atoms with van der Waals surface area (Å²) in [7, 11) is 0. The Morgan fingerprint density at radius 1 is 0.889 bits per heavy atom. The zero-order chi connectivity index (χ0) is 18.6. The minimum atomic E-state index is 0.915. The molecule has 134 valence electrons. The predicted molar refractivity (Wildman–Crippen MR) is 117 cm³/mol. The Kier molecular flexibility index (Phi) is 4.80. The van der Waals surface area contributed by atoms with Crippen LogP contribution < -0.4 is 5.32 Å². The zero-order valence-corrected chi connectivity index (χ0v) is 15.7. The summed E-state index contributed by atoms with van der Waals surface area (Å²) in [5.74, 6) is 0. The Hall–Kier alpha value is -3.26. The third-order valence-electron chi connectivity index (χ3n) is 4.65. The number of hydrogen-bond donors (Lipinski definition) is 1. The van der Waals surface area contributed by atoms with Crippen LogP contribution in [-0.4, -0.2) is 0 Å². The van der Waals surface area contributed by atoms with Crippen LogP contribution in [0.25, 0.3) is 27.5 Å². The fourth-order valence-electron chi connectivity index (χ4n) is 3.40. The lowest BCUT2D eigenvalue weighted by Gasteiger charge is -2.09. The van der Waals surface area contributed by atoms with Crippen molar-refractivity contribution in [3.05, 3.63) is 90.5 Å². The molecular formula is C25H23NO. The number of benzene rings is 3. The molecule has 2 nitrogen and oxygen atoms in total. The number of furan rings is 1. The molecule has 0 radical (unpaired) electrons. The summed E-state index contributed by atoms with van der Waals surface area (Å²) in [5, 5.41) is 5.78. The van der Waals surface area contributed by atoms with Crippen LogP contribution in [0.1, 0.15) is 25.8 Å². The van der Waals surface area contributed by atoms with Crippen molar-refractivity contribution in [2.45, 2.75) is 20.3 Å². The van der Waals surface area contributed by atoms with Crippen molar-refractivity contribution in [3.8, 4) is 0 Å². The van der Waals surface area contributed by atoms with Crippen molar-refractivity contribution in [1.29, 1.82) is 0 Å². The van der Waals surface area contributed by atoms with E-state index in [1.807, 2.05) is 24.3 Å². The van der Waals surface area contributed by atoms with Crippen molar-refractivity contribution in [2.75, 3.05) is 5.32 Å². The zero-order valence-electron chi connectivity index (χ0n) is 15.7. The van der Waals surface area contributed by atoms with Crippen molar-refractivity contribution < 1.29 is 4.42 Å². The fourth-order valence-corrected chi connectivity index (χ4v) is 3.40. The second-order valence-electron chi connectivity index (χ2n) is 6.58. The highest BCUT2D eigenvalue weighted by Crippen LogP contribution is 2.31. The molecule has 3 aromatic carbocycles. The number of anilines is 2. The number of allylic oxidation sites excluding steroid dienone is 4. The van der Waals surface area contributed by atoms with Gasteiger partial charge in [-0.3, -0.25) is 0 Å². The SMILES string of the molecule is C/C=C\C(=C/CC)c1ccc(Nc2ccc3oc4ccccc4c3c2)cc1. The number of para-hydroxylation sites is 1. The minimum absolute atomic E-state index is 0.915. The highest BCUT2D eigenvalue weighted by molar-refractivity contribution is 6.06. The van der Waals surface area contributed by atoms with Gasteiger partial charge in [-0.1, -0.05) is 55.5 Å². The maximum Gasteiger partial charge on any atom is 0.135 e. The number of nitrogens with one attached hydrogen (secondary N) is 1. The summed E-state index contributed by atoms with van der Waals surface area (Å²) in [6.45, 7) is 4.21. The summed E-state index contributed by atoms with van der Waals surface area (Å²) in [5.41, 5.74) is 6.46. The van der Waals surface area contributed by atoms with Gasteiger partial charge in [0.05, 0.1) is 0 Å². The van der Waals surface area contributed by atoms with Gasteiger partial charge in [-0.2, -0.15) is 0 Å². The highest BCUT2D eigenvalue weighted by atomic mass is 16.3. The van der Waals surface area contributed by atoms with Gasteiger partial charge in [-0.05, 0) is 60.9 Å². The summed E-state index contributed by atoms with van der Waals surface area (Å²) >= 11 is 0. The molecule has 0 spiro atoms.